The van der Waals surface area contributed by atoms with E-state index in [4.69, 9.17) is 10.9 Å². The predicted molar refractivity (Wildman–Crippen MR) is 65.3 cm³/mol. The molecular weight excluding hydrogens is 273 g/mol. The topological polar surface area (TPSA) is 76.4 Å². The van der Waals surface area contributed by atoms with Crippen LogP contribution < -0.4 is 5.73 Å². The second-order valence-electron chi connectivity index (χ2n) is 4.07. The van der Waals surface area contributed by atoms with E-state index in [1.807, 2.05) is 0 Å². The zero-order valence-electron chi connectivity index (χ0n) is 10.2. The van der Waals surface area contributed by atoms with Crippen LogP contribution in [0.15, 0.2) is 41.8 Å². The quantitative estimate of drug-likeness (QED) is 0.392. The normalized spacial score (nSPS) is 12.7. The summed E-state index contributed by atoms with van der Waals surface area (Å²) in [6.07, 6.45) is -2.77. The van der Waals surface area contributed by atoms with Crippen molar-refractivity contribution < 1.29 is 18.4 Å². The molecule has 2 rings (SSSR count). The number of nitrogens with two attached hydrogens (primary N) is 1. The molecule has 0 aliphatic rings. The Labute approximate surface area is 112 Å². The summed E-state index contributed by atoms with van der Waals surface area (Å²) in [5, 5.41) is 15.2. The highest BCUT2D eigenvalue weighted by Crippen LogP contribution is 2.28. The van der Waals surface area contributed by atoms with Crippen molar-refractivity contribution in [2.45, 2.75) is 12.7 Å². The first-order chi connectivity index (χ1) is 9.41. The Kier molecular flexibility index (Phi) is 3.64. The number of hydrogen-bond acceptors (Lipinski definition) is 3. The number of aromatic nitrogens is 2. The first-order valence-electron chi connectivity index (χ1n) is 5.57. The van der Waals surface area contributed by atoms with E-state index in [1.165, 1.54) is 0 Å². The predicted octanol–water partition coefficient (Wildman–Crippen LogP) is 2.04. The molecule has 0 spiro atoms. The first kappa shape index (κ1) is 13.9. The lowest BCUT2D eigenvalue weighted by atomic mass is 10.1. The summed E-state index contributed by atoms with van der Waals surface area (Å²) in [6, 6.07) is 6.67. The van der Waals surface area contributed by atoms with Crippen LogP contribution in [0.3, 0.4) is 0 Å². The lowest BCUT2D eigenvalue weighted by Gasteiger charge is -2.08. The SMILES string of the molecule is NC(=NO)c1ccccc1Cn1cc(C(F)(F)F)cn1. The monoisotopic (exact) mass is 284 g/mol. The molecular formula is C12H11F3N4O. The zero-order chi connectivity index (χ0) is 14.8. The van der Waals surface area contributed by atoms with E-state index >= 15 is 0 Å². The van der Waals surface area contributed by atoms with E-state index < -0.39 is 11.7 Å². The summed E-state index contributed by atoms with van der Waals surface area (Å²) in [4.78, 5) is 0. The number of oxime groups is 1. The molecule has 0 fully saturated rings. The fourth-order valence-electron chi connectivity index (χ4n) is 1.73. The molecule has 20 heavy (non-hydrogen) atoms. The molecule has 2 aromatic rings. The van der Waals surface area contributed by atoms with Crippen molar-refractivity contribution in [1.82, 2.24) is 9.78 Å². The van der Waals surface area contributed by atoms with E-state index in [0.29, 0.717) is 11.1 Å². The number of halogens is 3. The molecule has 0 aliphatic heterocycles. The maximum Gasteiger partial charge on any atom is 0.419 e. The highest BCUT2D eigenvalue weighted by Gasteiger charge is 2.32. The van der Waals surface area contributed by atoms with Gasteiger partial charge in [-0.1, -0.05) is 29.4 Å². The minimum atomic E-state index is -4.43. The summed E-state index contributed by atoms with van der Waals surface area (Å²) in [7, 11) is 0. The number of rotatable bonds is 3. The number of nitrogens with zero attached hydrogens (tertiary/aromatic N) is 3. The van der Waals surface area contributed by atoms with Gasteiger partial charge in [0.25, 0.3) is 0 Å². The largest absolute Gasteiger partial charge is 0.419 e. The van der Waals surface area contributed by atoms with Gasteiger partial charge in [0.05, 0.1) is 18.3 Å². The lowest BCUT2D eigenvalue weighted by Crippen LogP contribution is -2.16. The Bertz CT molecular complexity index is 634. The molecule has 0 saturated heterocycles. The average molecular weight is 284 g/mol. The summed E-state index contributed by atoms with van der Waals surface area (Å²) >= 11 is 0. The molecule has 0 radical (unpaired) electrons. The Morgan fingerprint density at radius 3 is 2.65 bits per heavy atom. The fourth-order valence-corrected chi connectivity index (χ4v) is 1.73. The molecule has 1 heterocycles. The summed E-state index contributed by atoms with van der Waals surface area (Å²) in [5.74, 6) is -0.108. The summed E-state index contributed by atoms with van der Waals surface area (Å²) in [6.45, 7) is 0.0858. The van der Waals surface area contributed by atoms with Gasteiger partial charge < -0.3 is 10.9 Å². The van der Waals surface area contributed by atoms with Crippen molar-refractivity contribution in [2.24, 2.45) is 10.9 Å². The molecule has 3 N–H and O–H groups in total. The maximum atomic E-state index is 12.5. The van der Waals surface area contributed by atoms with Crippen molar-refractivity contribution in [2.75, 3.05) is 0 Å². The van der Waals surface area contributed by atoms with Crippen molar-refractivity contribution in [3.05, 3.63) is 53.3 Å². The third kappa shape index (κ3) is 2.90. The van der Waals surface area contributed by atoms with Gasteiger partial charge in [0.15, 0.2) is 5.84 Å². The average Bonchev–Trinajstić information content (AvgIpc) is 2.87. The molecule has 5 nitrogen and oxygen atoms in total. The second-order valence-corrected chi connectivity index (χ2v) is 4.07. The molecule has 0 saturated carbocycles. The van der Waals surface area contributed by atoms with Gasteiger partial charge in [0.1, 0.15) is 0 Å². The fraction of sp³-hybridized carbons (Fsp3) is 0.167. The number of alkyl halides is 3. The molecule has 1 aromatic carbocycles. The standard InChI is InChI=1S/C12H11F3N4O/c13-12(14,15)9-5-17-19(7-9)6-8-3-1-2-4-10(8)11(16)18-20/h1-5,7,20H,6H2,(H2,16,18). The van der Waals surface area contributed by atoms with Gasteiger partial charge in [0.2, 0.25) is 0 Å². The molecule has 0 atom stereocenters. The smallest absolute Gasteiger partial charge is 0.409 e. The number of amidine groups is 1. The molecule has 0 aliphatic carbocycles. The zero-order valence-corrected chi connectivity index (χ0v) is 10.2. The Hall–Kier alpha value is -2.51. The molecule has 0 amide bonds. The van der Waals surface area contributed by atoms with Crippen LogP contribution in [0.1, 0.15) is 16.7 Å². The maximum absolute atomic E-state index is 12.5. The Morgan fingerprint density at radius 1 is 1.35 bits per heavy atom. The number of hydrogen-bond donors (Lipinski definition) is 2. The minimum Gasteiger partial charge on any atom is -0.409 e. The van der Waals surface area contributed by atoms with Gasteiger partial charge in [0, 0.05) is 11.8 Å². The van der Waals surface area contributed by atoms with E-state index in [0.717, 1.165) is 17.1 Å². The third-order valence-corrected chi connectivity index (χ3v) is 2.69. The van der Waals surface area contributed by atoms with Crippen LogP contribution >= 0.6 is 0 Å². The summed E-state index contributed by atoms with van der Waals surface area (Å²) < 4.78 is 38.6. The lowest BCUT2D eigenvalue weighted by molar-refractivity contribution is -0.137. The van der Waals surface area contributed by atoms with Crippen molar-refractivity contribution in [1.29, 1.82) is 0 Å². The van der Waals surface area contributed by atoms with Gasteiger partial charge in [-0.25, -0.2) is 0 Å². The first-order valence-corrected chi connectivity index (χ1v) is 5.57. The highest BCUT2D eigenvalue weighted by molar-refractivity contribution is 5.98. The molecule has 8 heteroatoms. The number of benzene rings is 1. The van der Waals surface area contributed by atoms with Crippen LogP contribution in [0.5, 0.6) is 0 Å². The van der Waals surface area contributed by atoms with Crippen LogP contribution in [0.25, 0.3) is 0 Å². The van der Waals surface area contributed by atoms with Gasteiger partial charge in [-0.3, -0.25) is 4.68 Å². The van der Waals surface area contributed by atoms with Crippen LogP contribution in [0.4, 0.5) is 13.2 Å². The molecule has 1 aromatic heterocycles. The summed E-state index contributed by atoms with van der Waals surface area (Å²) in [5.41, 5.74) is 5.73. The van der Waals surface area contributed by atoms with Crippen molar-refractivity contribution in [3.8, 4) is 0 Å². The molecule has 0 bridgehead atoms. The Balaban J connectivity index is 2.29. The van der Waals surface area contributed by atoms with Crippen LogP contribution in [0.2, 0.25) is 0 Å². The van der Waals surface area contributed by atoms with Crippen LogP contribution in [-0.4, -0.2) is 20.8 Å². The van der Waals surface area contributed by atoms with E-state index in [9.17, 15) is 13.2 Å². The minimum absolute atomic E-state index is 0.0858. The molecule has 106 valence electrons. The third-order valence-electron chi connectivity index (χ3n) is 2.69. The van der Waals surface area contributed by atoms with Crippen molar-refractivity contribution >= 4 is 5.84 Å². The van der Waals surface area contributed by atoms with E-state index in [1.54, 1.807) is 24.3 Å². The van der Waals surface area contributed by atoms with E-state index in [2.05, 4.69) is 10.3 Å². The Morgan fingerprint density at radius 2 is 2.05 bits per heavy atom. The van der Waals surface area contributed by atoms with Gasteiger partial charge in [-0.05, 0) is 5.56 Å². The van der Waals surface area contributed by atoms with E-state index in [-0.39, 0.29) is 12.4 Å². The van der Waals surface area contributed by atoms with Gasteiger partial charge in [-0.2, -0.15) is 18.3 Å². The molecule has 0 unspecified atom stereocenters. The van der Waals surface area contributed by atoms with Crippen LogP contribution in [0, 0.1) is 0 Å². The highest BCUT2D eigenvalue weighted by atomic mass is 19.4. The van der Waals surface area contributed by atoms with Crippen LogP contribution in [-0.2, 0) is 12.7 Å². The van der Waals surface area contributed by atoms with Crippen molar-refractivity contribution in [3.63, 3.8) is 0 Å². The van der Waals surface area contributed by atoms with Gasteiger partial charge in [-0.15, -0.1) is 0 Å². The second kappa shape index (κ2) is 5.24. The van der Waals surface area contributed by atoms with Gasteiger partial charge >= 0.3 is 6.18 Å².